The Kier molecular flexibility index (Phi) is 11.7. The molecule has 0 radical (unpaired) electrons. The molecule has 7 N–H and O–H groups in total. The number of nitrogens with one attached hydrogen (secondary N) is 3. The van der Waals surface area contributed by atoms with Gasteiger partial charge in [0.15, 0.2) is 0 Å². The number of hydrogen-bond donors (Lipinski definition) is 6. The summed E-state index contributed by atoms with van der Waals surface area (Å²) < 4.78 is 0. The van der Waals surface area contributed by atoms with Crippen LogP contribution in [0.3, 0.4) is 0 Å². The second-order valence-corrected chi connectivity index (χ2v) is 8.23. The van der Waals surface area contributed by atoms with Crippen LogP contribution in [-0.2, 0) is 30.4 Å². The predicted octanol–water partition coefficient (Wildman–Crippen LogP) is 0.0262. The molecule has 0 aliphatic carbocycles. The maximum atomic E-state index is 13.0. The van der Waals surface area contributed by atoms with Crippen molar-refractivity contribution < 1.29 is 34.2 Å². The Balaban J connectivity index is 2.96. The van der Waals surface area contributed by atoms with E-state index < -0.39 is 60.2 Å². The molecule has 34 heavy (non-hydrogen) atoms. The first-order chi connectivity index (χ1) is 16.0. The van der Waals surface area contributed by atoms with Crippen LogP contribution in [0.25, 0.3) is 0 Å². The number of carbonyl (C=O) groups is 5. The number of nitrogens with two attached hydrogens (primary N) is 1. The standard InChI is InChI=1S/C23H34N4O7/c1-4-13(2)19(22(32)25-14(3)23(33)34)27-21(31)17(10-11-18(28)29)26-20(30)16(24)12-15-8-6-5-7-9-15/h5-9,13-14,16-17,19H,4,10-12,24H2,1-3H3,(H,25,32)(H,26,30)(H,27,31)(H,28,29)(H,33,34). The average molecular weight is 479 g/mol. The van der Waals surface area contributed by atoms with Gasteiger partial charge >= 0.3 is 11.9 Å². The first-order valence-corrected chi connectivity index (χ1v) is 11.1. The summed E-state index contributed by atoms with van der Waals surface area (Å²) in [6.45, 7) is 4.79. The first-order valence-electron chi connectivity index (χ1n) is 11.1. The highest BCUT2D eigenvalue weighted by Gasteiger charge is 2.32. The van der Waals surface area contributed by atoms with E-state index >= 15 is 0 Å². The van der Waals surface area contributed by atoms with Gasteiger partial charge in [0, 0.05) is 6.42 Å². The van der Waals surface area contributed by atoms with Gasteiger partial charge in [0.25, 0.3) is 0 Å². The smallest absolute Gasteiger partial charge is 0.325 e. The summed E-state index contributed by atoms with van der Waals surface area (Å²) in [7, 11) is 0. The van der Waals surface area contributed by atoms with Crippen molar-refractivity contribution in [1.82, 2.24) is 16.0 Å². The molecule has 11 nitrogen and oxygen atoms in total. The van der Waals surface area contributed by atoms with Crippen LogP contribution in [0.15, 0.2) is 30.3 Å². The van der Waals surface area contributed by atoms with Crippen molar-refractivity contribution in [3.05, 3.63) is 35.9 Å². The minimum Gasteiger partial charge on any atom is -0.481 e. The van der Waals surface area contributed by atoms with Crippen molar-refractivity contribution in [3.63, 3.8) is 0 Å². The molecule has 5 unspecified atom stereocenters. The Morgan fingerprint density at radius 2 is 1.53 bits per heavy atom. The fourth-order valence-corrected chi connectivity index (χ4v) is 3.10. The van der Waals surface area contributed by atoms with Gasteiger partial charge in [-0.2, -0.15) is 0 Å². The number of carboxylic acid groups (broad SMARTS) is 2. The molecule has 0 saturated heterocycles. The van der Waals surface area contributed by atoms with E-state index in [2.05, 4.69) is 16.0 Å². The Bertz CT molecular complexity index is 862. The molecule has 0 aromatic heterocycles. The Morgan fingerprint density at radius 3 is 2.06 bits per heavy atom. The van der Waals surface area contributed by atoms with Crippen molar-refractivity contribution in [2.24, 2.45) is 11.7 Å². The third-order valence-electron chi connectivity index (χ3n) is 5.44. The van der Waals surface area contributed by atoms with Crippen LogP contribution in [0.5, 0.6) is 0 Å². The fraction of sp³-hybridized carbons (Fsp3) is 0.522. The lowest BCUT2D eigenvalue weighted by Crippen LogP contribution is -2.58. The minimum absolute atomic E-state index is 0.213. The molecule has 3 amide bonds. The zero-order valence-electron chi connectivity index (χ0n) is 19.6. The molecule has 0 saturated carbocycles. The van der Waals surface area contributed by atoms with Crippen LogP contribution >= 0.6 is 0 Å². The third kappa shape index (κ3) is 9.57. The van der Waals surface area contributed by atoms with Crippen molar-refractivity contribution in [2.45, 2.75) is 70.6 Å². The predicted molar refractivity (Wildman–Crippen MR) is 124 cm³/mol. The van der Waals surface area contributed by atoms with Gasteiger partial charge in [-0.25, -0.2) is 0 Å². The summed E-state index contributed by atoms with van der Waals surface area (Å²) in [5, 5.41) is 25.4. The third-order valence-corrected chi connectivity index (χ3v) is 5.44. The molecule has 0 fully saturated rings. The van der Waals surface area contributed by atoms with E-state index in [-0.39, 0.29) is 18.8 Å². The molecule has 0 spiro atoms. The van der Waals surface area contributed by atoms with Crippen LogP contribution in [0.1, 0.15) is 45.6 Å². The number of carboxylic acids is 2. The maximum Gasteiger partial charge on any atom is 0.325 e. The molecular weight excluding hydrogens is 444 g/mol. The summed E-state index contributed by atoms with van der Waals surface area (Å²) in [4.78, 5) is 60.4. The largest absolute Gasteiger partial charge is 0.481 e. The number of amides is 3. The van der Waals surface area contributed by atoms with E-state index in [1.807, 2.05) is 6.07 Å². The van der Waals surface area contributed by atoms with Gasteiger partial charge in [0.1, 0.15) is 18.1 Å². The molecular formula is C23H34N4O7. The number of benzene rings is 1. The molecule has 188 valence electrons. The molecule has 0 bridgehead atoms. The molecule has 1 aromatic rings. The van der Waals surface area contributed by atoms with Gasteiger partial charge in [-0.15, -0.1) is 0 Å². The Morgan fingerprint density at radius 1 is 0.912 bits per heavy atom. The van der Waals surface area contributed by atoms with Crippen LogP contribution in [0, 0.1) is 5.92 Å². The van der Waals surface area contributed by atoms with E-state index in [4.69, 9.17) is 15.9 Å². The zero-order valence-corrected chi connectivity index (χ0v) is 19.6. The van der Waals surface area contributed by atoms with Crippen molar-refractivity contribution in [3.8, 4) is 0 Å². The topological polar surface area (TPSA) is 188 Å². The number of hydrogen-bond acceptors (Lipinski definition) is 6. The van der Waals surface area contributed by atoms with E-state index in [1.54, 1.807) is 38.1 Å². The normalized spacial score (nSPS) is 15.2. The maximum absolute atomic E-state index is 13.0. The quantitative estimate of drug-likeness (QED) is 0.216. The van der Waals surface area contributed by atoms with Gasteiger partial charge in [-0.3, -0.25) is 24.0 Å². The lowest BCUT2D eigenvalue weighted by Gasteiger charge is -2.27. The molecule has 1 aromatic carbocycles. The summed E-state index contributed by atoms with van der Waals surface area (Å²) in [5.74, 6) is -4.85. The van der Waals surface area contributed by atoms with Gasteiger partial charge < -0.3 is 31.9 Å². The van der Waals surface area contributed by atoms with Crippen LogP contribution in [0.4, 0.5) is 0 Å². The summed E-state index contributed by atoms with van der Waals surface area (Å²) in [5.41, 5.74) is 6.79. The van der Waals surface area contributed by atoms with E-state index in [9.17, 15) is 24.0 Å². The molecule has 5 atom stereocenters. The molecule has 0 heterocycles. The minimum atomic E-state index is -1.25. The van der Waals surface area contributed by atoms with Crippen molar-refractivity contribution >= 4 is 29.7 Å². The van der Waals surface area contributed by atoms with Crippen molar-refractivity contribution in [2.75, 3.05) is 0 Å². The van der Waals surface area contributed by atoms with Gasteiger partial charge in [0.2, 0.25) is 17.7 Å². The van der Waals surface area contributed by atoms with Gasteiger partial charge in [-0.05, 0) is 31.2 Å². The highest BCUT2D eigenvalue weighted by atomic mass is 16.4. The summed E-state index contributed by atoms with van der Waals surface area (Å²) in [6.07, 6.45) is 0.0900. The van der Waals surface area contributed by atoms with Crippen LogP contribution in [-0.4, -0.2) is 64.0 Å². The highest BCUT2D eigenvalue weighted by Crippen LogP contribution is 2.10. The average Bonchev–Trinajstić information content (AvgIpc) is 2.79. The fourth-order valence-electron chi connectivity index (χ4n) is 3.10. The lowest BCUT2D eigenvalue weighted by molar-refractivity contribution is -0.142. The lowest BCUT2D eigenvalue weighted by atomic mass is 9.97. The number of carbonyl (C=O) groups excluding carboxylic acids is 3. The van der Waals surface area contributed by atoms with E-state index in [0.29, 0.717) is 6.42 Å². The van der Waals surface area contributed by atoms with Gasteiger partial charge in [0.05, 0.1) is 6.04 Å². The monoisotopic (exact) mass is 478 g/mol. The molecule has 0 aliphatic heterocycles. The van der Waals surface area contributed by atoms with Crippen molar-refractivity contribution in [1.29, 1.82) is 0 Å². The SMILES string of the molecule is CCC(C)C(NC(=O)C(CCC(=O)O)NC(=O)C(N)Cc1ccccc1)C(=O)NC(C)C(=O)O. The highest BCUT2D eigenvalue weighted by molar-refractivity contribution is 5.94. The molecule has 1 rings (SSSR count). The molecule has 11 heteroatoms. The van der Waals surface area contributed by atoms with E-state index in [0.717, 1.165) is 5.56 Å². The van der Waals surface area contributed by atoms with Gasteiger partial charge in [-0.1, -0.05) is 50.6 Å². The van der Waals surface area contributed by atoms with E-state index in [1.165, 1.54) is 6.92 Å². The van der Waals surface area contributed by atoms with Crippen LogP contribution in [0.2, 0.25) is 0 Å². The number of rotatable bonds is 14. The zero-order chi connectivity index (χ0) is 25.8. The Hall–Kier alpha value is -3.47. The molecule has 0 aliphatic rings. The second-order valence-electron chi connectivity index (χ2n) is 8.23. The first kappa shape index (κ1) is 28.6. The number of aliphatic carboxylic acids is 2. The summed E-state index contributed by atoms with van der Waals surface area (Å²) >= 11 is 0. The van der Waals surface area contributed by atoms with Crippen LogP contribution < -0.4 is 21.7 Å². The second kappa shape index (κ2) is 13.9. The summed E-state index contributed by atoms with van der Waals surface area (Å²) in [6, 6.07) is 4.54. The Labute approximate surface area is 198 Å².